The van der Waals surface area contributed by atoms with Gasteiger partial charge in [-0.3, -0.25) is 0 Å². The van der Waals surface area contributed by atoms with Crippen LogP contribution in [-0.2, 0) is 16.9 Å². The van der Waals surface area contributed by atoms with Gasteiger partial charge in [0.2, 0.25) is 0 Å². The Morgan fingerprint density at radius 2 is 2.13 bits per heavy atom. The Balaban J connectivity index is 2.82. The summed E-state index contributed by atoms with van der Waals surface area (Å²) >= 11 is 3.25. The van der Waals surface area contributed by atoms with E-state index in [1.807, 2.05) is 0 Å². The molecule has 0 amide bonds. The van der Waals surface area contributed by atoms with E-state index >= 15 is 0 Å². The molecule has 0 unspecified atom stereocenters. The highest BCUT2D eigenvalue weighted by Gasteiger charge is 2.13. The number of aryl methyl sites for hydroxylation is 1. The molecular formula is C8H8BrN3O2S. The fourth-order valence-electron chi connectivity index (χ4n) is 1.28. The third kappa shape index (κ3) is 1.76. The van der Waals surface area contributed by atoms with Crippen molar-refractivity contribution in [1.82, 2.24) is 14.8 Å². The molecule has 15 heavy (non-hydrogen) atoms. The van der Waals surface area contributed by atoms with Gasteiger partial charge < -0.3 is 0 Å². The smallest absolute Gasteiger partial charge is 0.177 e. The summed E-state index contributed by atoms with van der Waals surface area (Å²) in [6.45, 7) is 0. The summed E-state index contributed by atoms with van der Waals surface area (Å²) in [4.78, 5) is 4.26. The Morgan fingerprint density at radius 1 is 1.47 bits per heavy atom. The number of fused-ring (bicyclic) bond motifs is 1. The van der Waals surface area contributed by atoms with Gasteiger partial charge in [0.05, 0.1) is 10.3 Å². The van der Waals surface area contributed by atoms with Crippen LogP contribution in [0.4, 0.5) is 0 Å². The molecule has 80 valence electrons. The molecule has 0 aliphatic rings. The van der Waals surface area contributed by atoms with E-state index in [2.05, 4.69) is 26.0 Å². The van der Waals surface area contributed by atoms with E-state index in [1.165, 1.54) is 6.20 Å². The first-order chi connectivity index (χ1) is 6.89. The summed E-state index contributed by atoms with van der Waals surface area (Å²) in [5.74, 6) is 0. The minimum Gasteiger partial charge on any atom is -0.249 e. The molecule has 0 bridgehead atoms. The molecule has 0 aromatic carbocycles. The number of hydrogen-bond donors (Lipinski definition) is 0. The molecule has 0 atom stereocenters. The van der Waals surface area contributed by atoms with Crippen LogP contribution in [0, 0.1) is 0 Å². The molecule has 0 saturated carbocycles. The Hall–Kier alpha value is -0.950. The van der Waals surface area contributed by atoms with Gasteiger partial charge in [-0.2, -0.15) is 5.10 Å². The molecule has 0 saturated heterocycles. The second kappa shape index (κ2) is 3.28. The maximum Gasteiger partial charge on any atom is 0.177 e. The quantitative estimate of drug-likeness (QED) is 0.790. The highest BCUT2D eigenvalue weighted by molar-refractivity contribution is 9.10. The van der Waals surface area contributed by atoms with Gasteiger partial charge in [-0.1, -0.05) is 0 Å². The maximum atomic E-state index is 11.3. The van der Waals surface area contributed by atoms with E-state index < -0.39 is 9.84 Å². The molecule has 7 heteroatoms. The first-order valence-corrected chi connectivity index (χ1v) is 6.76. The van der Waals surface area contributed by atoms with E-state index in [0.717, 1.165) is 6.26 Å². The van der Waals surface area contributed by atoms with Crippen LogP contribution >= 0.6 is 15.9 Å². The lowest BCUT2D eigenvalue weighted by atomic mass is 10.4. The van der Waals surface area contributed by atoms with Crippen LogP contribution in [0.2, 0.25) is 0 Å². The zero-order chi connectivity index (χ0) is 11.2. The summed E-state index contributed by atoms with van der Waals surface area (Å²) in [6.07, 6.45) is 2.49. The second-order valence-corrected chi connectivity index (χ2v) is 6.00. The van der Waals surface area contributed by atoms with Crippen LogP contribution in [0.15, 0.2) is 21.8 Å². The second-order valence-electron chi connectivity index (χ2n) is 3.23. The lowest BCUT2D eigenvalue weighted by molar-refractivity contribution is 0.601. The summed E-state index contributed by atoms with van der Waals surface area (Å²) in [5, 5.41) is 4.78. The minimum absolute atomic E-state index is 0.198. The molecule has 5 nitrogen and oxygen atoms in total. The first kappa shape index (κ1) is 10.6. The molecule has 0 N–H and O–H groups in total. The molecule has 0 aliphatic heterocycles. The Bertz CT molecular complexity index is 633. The minimum atomic E-state index is -3.22. The van der Waals surface area contributed by atoms with Crippen molar-refractivity contribution in [2.75, 3.05) is 6.26 Å². The van der Waals surface area contributed by atoms with Crippen molar-refractivity contribution < 1.29 is 8.42 Å². The van der Waals surface area contributed by atoms with Gasteiger partial charge in [0.1, 0.15) is 4.60 Å². The van der Waals surface area contributed by atoms with Crippen molar-refractivity contribution >= 4 is 36.8 Å². The number of pyridine rings is 1. The third-order valence-corrected chi connectivity index (χ3v) is 3.70. The van der Waals surface area contributed by atoms with E-state index in [-0.39, 0.29) is 4.90 Å². The first-order valence-electron chi connectivity index (χ1n) is 4.08. The monoisotopic (exact) mass is 289 g/mol. The average Bonchev–Trinajstić information content (AvgIpc) is 2.41. The molecule has 2 aromatic rings. The van der Waals surface area contributed by atoms with Crippen LogP contribution in [0.1, 0.15) is 0 Å². The molecule has 0 fully saturated rings. The Kier molecular flexibility index (Phi) is 2.31. The zero-order valence-electron chi connectivity index (χ0n) is 8.10. The van der Waals surface area contributed by atoms with Gasteiger partial charge in [-0.05, 0) is 22.0 Å². The number of rotatable bonds is 1. The van der Waals surface area contributed by atoms with Crippen molar-refractivity contribution in [3.8, 4) is 0 Å². The molecule has 2 heterocycles. The van der Waals surface area contributed by atoms with Crippen LogP contribution in [0.3, 0.4) is 0 Å². The lowest BCUT2D eigenvalue weighted by Gasteiger charge is -1.97. The summed E-state index contributed by atoms with van der Waals surface area (Å²) in [6, 6.07) is 1.56. The fourth-order valence-corrected chi connectivity index (χ4v) is 2.39. The van der Waals surface area contributed by atoms with E-state index in [1.54, 1.807) is 17.8 Å². The number of nitrogens with zero attached hydrogens (tertiary/aromatic N) is 3. The Morgan fingerprint density at radius 3 is 2.73 bits per heavy atom. The van der Waals surface area contributed by atoms with Crippen molar-refractivity contribution in [3.05, 3.63) is 16.9 Å². The van der Waals surface area contributed by atoms with Gasteiger partial charge >= 0.3 is 0 Å². The summed E-state index contributed by atoms with van der Waals surface area (Å²) < 4.78 is 24.8. The largest absolute Gasteiger partial charge is 0.249 e. The van der Waals surface area contributed by atoms with E-state index in [4.69, 9.17) is 0 Å². The zero-order valence-corrected chi connectivity index (χ0v) is 10.5. The number of sulfone groups is 1. The predicted octanol–water partition coefficient (Wildman–Crippen LogP) is 1.13. The maximum absolute atomic E-state index is 11.3. The SMILES string of the molecule is Cn1nc(Br)c2cc(S(C)(=O)=O)cnc21. The van der Waals surface area contributed by atoms with E-state index in [0.29, 0.717) is 15.6 Å². The summed E-state index contributed by atoms with van der Waals surface area (Å²) in [5.41, 5.74) is 0.647. The van der Waals surface area contributed by atoms with Crippen molar-refractivity contribution in [2.45, 2.75) is 4.90 Å². The van der Waals surface area contributed by atoms with Gasteiger partial charge in [0.15, 0.2) is 15.5 Å². The van der Waals surface area contributed by atoms with Crippen molar-refractivity contribution in [2.24, 2.45) is 7.05 Å². The van der Waals surface area contributed by atoms with Gasteiger partial charge in [0.25, 0.3) is 0 Å². The molecule has 0 spiro atoms. The topological polar surface area (TPSA) is 64.8 Å². The summed E-state index contributed by atoms with van der Waals surface area (Å²) in [7, 11) is -1.47. The van der Waals surface area contributed by atoms with Crippen LogP contribution in [-0.4, -0.2) is 29.4 Å². The van der Waals surface area contributed by atoms with Gasteiger partial charge in [-0.25, -0.2) is 18.1 Å². The highest BCUT2D eigenvalue weighted by atomic mass is 79.9. The standard InChI is InChI=1S/C8H8BrN3O2S/c1-12-8-6(7(9)11-12)3-5(4-10-8)15(2,13)14/h3-4H,1-2H3. The highest BCUT2D eigenvalue weighted by Crippen LogP contribution is 2.23. The van der Waals surface area contributed by atoms with Gasteiger partial charge in [-0.15, -0.1) is 0 Å². The lowest BCUT2D eigenvalue weighted by Crippen LogP contribution is -1.98. The van der Waals surface area contributed by atoms with Crippen molar-refractivity contribution in [1.29, 1.82) is 0 Å². The van der Waals surface area contributed by atoms with E-state index in [9.17, 15) is 8.42 Å². The molecule has 0 radical (unpaired) electrons. The number of aromatic nitrogens is 3. The Labute approximate surface area is 95.2 Å². The molecule has 2 rings (SSSR count). The van der Waals surface area contributed by atoms with Crippen LogP contribution in [0.25, 0.3) is 11.0 Å². The number of halogens is 1. The van der Waals surface area contributed by atoms with Crippen LogP contribution < -0.4 is 0 Å². The number of hydrogen-bond acceptors (Lipinski definition) is 4. The molecule has 2 aromatic heterocycles. The normalized spacial score (nSPS) is 12.2. The average molecular weight is 290 g/mol. The molecule has 0 aliphatic carbocycles. The third-order valence-electron chi connectivity index (χ3n) is 2.04. The van der Waals surface area contributed by atoms with Gasteiger partial charge in [0, 0.05) is 19.5 Å². The molecular weight excluding hydrogens is 282 g/mol. The predicted molar refractivity (Wildman–Crippen MR) is 59.3 cm³/mol. The fraction of sp³-hybridized carbons (Fsp3) is 0.250. The van der Waals surface area contributed by atoms with Crippen LogP contribution in [0.5, 0.6) is 0 Å². The van der Waals surface area contributed by atoms with Crippen molar-refractivity contribution in [3.63, 3.8) is 0 Å².